The van der Waals surface area contributed by atoms with Gasteiger partial charge in [-0.05, 0) is 57.6 Å². The summed E-state index contributed by atoms with van der Waals surface area (Å²) in [6, 6.07) is 2.44. The molecule has 1 saturated carbocycles. The molecule has 1 aromatic heterocycles. The molecule has 0 bridgehead atoms. The van der Waals surface area contributed by atoms with Crippen LogP contribution in [0.4, 0.5) is 11.5 Å². The minimum Gasteiger partial charge on any atom is -0.359 e. The lowest BCUT2D eigenvalue weighted by Gasteiger charge is -2.42. The zero-order valence-corrected chi connectivity index (χ0v) is 19.4. The Balaban J connectivity index is 1.22. The number of amides is 2. The Morgan fingerprint density at radius 1 is 1.12 bits per heavy atom. The number of anilines is 2. The zero-order chi connectivity index (χ0) is 22.2. The molecule has 1 unspecified atom stereocenters. The summed E-state index contributed by atoms with van der Waals surface area (Å²) >= 11 is 0. The van der Waals surface area contributed by atoms with Gasteiger partial charge in [0, 0.05) is 58.1 Å². The van der Waals surface area contributed by atoms with Crippen molar-refractivity contribution in [3.63, 3.8) is 0 Å². The number of likely N-dealkylation sites (tertiary alicyclic amines) is 1. The first-order valence-corrected chi connectivity index (χ1v) is 12.3. The third-order valence-corrected chi connectivity index (χ3v) is 7.87. The molecule has 2 amide bonds. The molecule has 1 atom stereocenters. The number of carbonyl (C=O) groups is 2. The summed E-state index contributed by atoms with van der Waals surface area (Å²) in [4.78, 5) is 39.1. The maximum atomic E-state index is 13.3. The van der Waals surface area contributed by atoms with E-state index in [1.807, 2.05) is 15.9 Å². The first-order chi connectivity index (χ1) is 15.5. The van der Waals surface area contributed by atoms with Crippen LogP contribution in [0.25, 0.3) is 0 Å². The molecule has 4 aliphatic rings. The van der Waals surface area contributed by atoms with Gasteiger partial charge >= 0.3 is 0 Å². The van der Waals surface area contributed by atoms with Gasteiger partial charge < -0.3 is 20.0 Å². The molecule has 3 aliphatic heterocycles. The SMILES string of the molecule is CC(C1CCN(C(=O)c2cnc3c(c2)N(CC2CC2)C(=O)CN3)CC1)N1CCN(C)CC1. The highest BCUT2D eigenvalue weighted by molar-refractivity contribution is 6.04. The molecule has 32 heavy (non-hydrogen) atoms. The van der Waals surface area contributed by atoms with Gasteiger partial charge in [0.05, 0.1) is 17.8 Å². The number of fused-ring (bicyclic) bond motifs is 1. The van der Waals surface area contributed by atoms with Crippen LogP contribution in [-0.2, 0) is 4.79 Å². The number of hydrogen-bond acceptors (Lipinski definition) is 6. The largest absolute Gasteiger partial charge is 0.359 e. The second kappa shape index (κ2) is 8.98. The number of likely N-dealkylation sites (N-methyl/N-ethyl adjacent to an activating group) is 1. The van der Waals surface area contributed by atoms with Gasteiger partial charge in [0.1, 0.15) is 5.82 Å². The minimum atomic E-state index is 0.0374. The summed E-state index contributed by atoms with van der Waals surface area (Å²) in [6.45, 7) is 9.53. The van der Waals surface area contributed by atoms with E-state index in [4.69, 9.17) is 0 Å². The van der Waals surface area contributed by atoms with Crippen LogP contribution >= 0.6 is 0 Å². The normalized spacial score (nSPS) is 24.2. The average Bonchev–Trinajstić information content (AvgIpc) is 3.64. The van der Waals surface area contributed by atoms with Crippen LogP contribution in [0.2, 0.25) is 0 Å². The van der Waals surface area contributed by atoms with Crippen molar-refractivity contribution in [1.29, 1.82) is 0 Å². The number of pyridine rings is 1. The van der Waals surface area contributed by atoms with Crippen LogP contribution in [0.5, 0.6) is 0 Å². The summed E-state index contributed by atoms with van der Waals surface area (Å²) in [5.74, 6) is 2.04. The molecular weight excluding hydrogens is 404 g/mol. The van der Waals surface area contributed by atoms with Crippen molar-refractivity contribution in [2.45, 2.75) is 38.6 Å². The smallest absolute Gasteiger partial charge is 0.255 e. The fourth-order valence-electron chi connectivity index (χ4n) is 5.35. The number of hydrogen-bond donors (Lipinski definition) is 1. The second-order valence-corrected chi connectivity index (χ2v) is 10.1. The Morgan fingerprint density at radius 3 is 2.53 bits per heavy atom. The van der Waals surface area contributed by atoms with Gasteiger partial charge in [-0.3, -0.25) is 14.5 Å². The van der Waals surface area contributed by atoms with E-state index in [9.17, 15) is 9.59 Å². The van der Waals surface area contributed by atoms with Crippen LogP contribution in [0.15, 0.2) is 12.3 Å². The third-order valence-electron chi connectivity index (χ3n) is 7.87. The molecule has 3 fully saturated rings. The molecule has 2 saturated heterocycles. The molecular formula is C24H36N6O2. The lowest BCUT2D eigenvalue weighted by atomic mass is 9.89. The highest BCUT2D eigenvalue weighted by Gasteiger charge is 2.34. The molecule has 1 N–H and O–H groups in total. The van der Waals surface area contributed by atoms with Crippen LogP contribution in [-0.4, -0.2) is 96.9 Å². The van der Waals surface area contributed by atoms with E-state index in [2.05, 4.69) is 34.1 Å². The van der Waals surface area contributed by atoms with Crippen LogP contribution in [0.3, 0.4) is 0 Å². The summed E-state index contributed by atoms with van der Waals surface area (Å²) in [5.41, 5.74) is 1.35. The number of piperazine rings is 1. The Hall–Kier alpha value is -2.19. The van der Waals surface area contributed by atoms with E-state index in [0.717, 1.165) is 64.3 Å². The third kappa shape index (κ3) is 4.48. The van der Waals surface area contributed by atoms with Crippen molar-refractivity contribution in [3.8, 4) is 0 Å². The predicted molar refractivity (Wildman–Crippen MR) is 125 cm³/mol. The zero-order valence-electron chi connectivity index (χ0n) is 19.4. The average molecular weight is 441 g/mol. The van der Waals surface area contributed by atoms with Crippen LogP contribution in [0.1, 0.15) is 43.0 Å². The number of rotatable bonds is 5. The van der Waals surface area contributed by atoms with Gasteiger partial charge in [0.2, 0.25) is 5.91 Å². The maximum Gasteiger partial charge on any atom is 0.255 e. The van der Waals surface area contributed by atoms with E-state index >= 15 is 0 Å². The Morgan fingerprint density at radius 2 is 1.84 bits per heavy atom. The Kier molecular flexibility index (Phi) is 6.07. The number of carbonyl (C=O) groups excluding carboxylic acids is 2. The van der Waals surface area contributed by atoms with E-state index in [-0.39, 0.29) is 18.4 Å². The van der Waals surface area contributed by atoms with Gasteiger partial charge in [0.15, 0.2) is 0 Å². The second-order valence-electron chi connectivity index (χ2n) is 10.1. The van der Waals surface area contributed by atoms with Crippen LogP contribution < -0.4 is 10.2 Å². The highest BCUT2D eigenvalue weighted by Crippen LogP contribution is 2.35. The summed E-state index contributed by atoms with van der Waals surface area (Å²) in [5, 5.41) is 3.10. The summed E-state index contributed by atoms with van der Waals surface area (Å²) in [7, 11) is 2.19. The van der Waals surface area contributed by atoms with Gasteiger partial charge in [-0.2, -0.15) is 0 Å². The highest BCUT2D eigenvalue weighted by atomic mass is 16.2. The van der Waals surface area contributed by atoms with Gasteiger partial charge in [-0.1, -0.05) is 0 Å². The maximum absolute atomic E-state index is 13.3. The molecule has 174 valence electrons. The Bertz CT molecular complexity index is 856. The Labute approximate surface area is 190 Å². The van der Waals surface area contributed by atoms with E-state index in [1.165, 1.54) is 12.8 Å². The molecule has 8 heteroatoms. The fourth-order valence-corrected chi connectivity index (χ4v) is 5.35. The summed E-state index contributed by atoms with van der Waals surface area (Å²) < 4.78 is 0. The predicted octanol–water partition coefficient (Wildman–Crippen LogP) is 1.74. The number of aromatic nitrogens is 1. The molecule has 0 spiro atoms. The van der Waals surface area contributed by atoms with Crippen molar-refractivity contribution in [1.82, 2.24) is 19.7 Å². The van der Waals surface area contributed by atoms with Crippen molar-refractivity contribution < 1.29 is 9.59 Å². The number of nitrogens with zero attached hydrogens (tertiary/aromatic N) is 5. The molecule has 4 heterocycles. The van der Waals surface area contributed by atoms with Gasteiger partial charge in [0.25, 0.3) is 5.91 Å². The number of nitrogens with one attached hydrogen (secondary N) is 1. The van der Waals surface area contributed by atoms with Crippen molar-refractivity contribution in [3.05, 3.63) is 17.8 Å². The topological polar surface area (TPSA) is 72.0 Å². The lowest BCUT2D eigenvalue weighted by molar-refractivity contribution is -0.117. The monoisotopic (exact) mass is 440 g/mol. The standard InChI is InChI=1S/C24H36N6O2/c1-17(28-11-9-27(2)10-12-28)19-5-7-29(8-6-19)24(32)20-13-21-23(25-14-20)26-15-22(31)30(21)16-18-3-4-18/h13-14,17-19H,3-12,15-16H2,1-2H3,(H,25,26). The molecule has 0 radical (unpaired) electrons. The van der Waals surface area contributed by atoms with Crippen LogP contribution in [0, 0.1) is 11.8 Å². The molecule has 0 aromatic carbocycles. The quantitative estimate of drug-likeness (QED) is 0.752. The first kappa shape index (κ1) is 21.6. The molecule has 5 rings (SSSR count). The van der Waals surface area contributed by atoms with E-state index in [0.29, 0.717) is 29.3 Å². The fraction of sp³-hybridized carbons (Fsp3) is 0.708. The van der Waals surface area contributed by atoms with Crippen molar-refractivity contribution in [2.24, 2.45) is 11.8 Å². The van der Waals surface area contributed by atoms with E-state index < -0.39 is 0 Å². The molecule has 1 aromatic rings. The minimum absolute atomic E-state index is 0.0374. The molecule has 1 aliphatic carbocycles. The van der Waals surface area contributed by atoms with Crippen molar-refractivity contribution in [2.75, 3.05) is 69.6 Å². The summed E-state index contributed by atoms with van der Waals surface area (Å²) in [6.07, 6.45) is 6.12. The van der Waals surface area contributed by atoms with E-state index in [1.54, 1.807) is 6.20 Å². The van der Waals surface area contributed by atoms with Gasteiger partial charge in [-0.25, -0.2) is 4.98 Å². The van der Waals surface area contributed by atoms with Gasteiger partial charge in [-0.15, -0.1) is 0 Å². The lowest BCUT2D eigenvalue weighted by Crippen LogP contribution is -2.52. The number of piperidine rings is 1. The first-order valence-electron chi connectivity index (χ1n) is 12.3. The molecule has 8 nitrogen and oxygen atoms in total. The van der Waals surface area contributed by atoms with Crippen molar-refractivity contribution >= 4 is 23.3 Å².